The van der Waals surface area contributed by atoms with E-state index in [0.29, 0.717) is 11.3 Å². The molecule has 0 aromatic heterocycles. The first-order valence-electron chi connectivity index (χ1n) is 10.1. The lowest BCUT2D eigenvalue weighted by molar-refractivity contribution is 0.0999. The third-order valence-electron chi connectivity index (χ3n) is 5.37. The van der Waals surface area contributed by atoms with Crippen molar-refractivity contribution >= 4 is 33.2 Å². The van der Waals surface area contributed by atoms with Gasteiger partial charge in [0.15, 0.2) is 5.78 Å². The second-order valence-corrected chi connectivity index (χ2v) is 9.03. The quantitative estimate of drug-likeness (QED) is 0.524. The summed E-state index contributed by atoms with van der Waals surface area (Å²) in [6, 6.07) is 18.7. The lowest BCUT2D eigenvalue weighted by Gasteiger charge is -2.35. The minimum absolute atomic E-state index is 0.0262. The molecule has 0 radical (unpaired) electrons. The molecule has 0 atom stereocenters. The average molecular weight is 451 g/mol. The predicted octanol–water partition coefficient (Wildman–Crippen LogP) is 4.28. The number of rotatable bonds is 6. The number of Topliss-reactive ketones (excluding diaryl/α,β-unsaturated/α-hetero) is 1. The van der Waals surface area contributed by atoms with Gasteiger partial charge in [-0.3, -0.25) is 9.69 Å². The van der Waals surface area contributed by atoms with Crippen LogP contribution in [0, 0.1) is 0 Å². The van der Waals surface area contributed by atoms with E-state index in [9.17, 15) is 18.0 Å². The standard InChI is InChI=1S/C24H22N2O5S/c1-3-17-8-12-19(13-9-17)26-24(28)25(21-6-4-5-7-23(21)32(26,29)30)16-22(27)18-10-14-20(31-2)15-11-18/h4-15H,3,16H2,1-2H3. The summed E-state index contributed by atoms with van der Waals surface area (Å²) in [7, 11) is -2.60. The number of aryl methyl sites for hydroxylation is 1. The fraction of sp³-hybridized carbons (Fsp3) is 0.167. The van der Waals surface area contributed by atoms with E-state index < -0.39 is 16.1 Å². The molecular formula is C24H22N2O5S. The van der Waals surface area contributed by atoms with Gasteiger partial charge in [-0.05, 0) is 60.5 Å². The molecule has 0 saturated carbocycles. The van der Waals surface area contributed by atoms with Crippen molar-refractivity contribution in [1.82, 2.24) is 0 Å². The molecule has 2 amide bonds. The zero-order valence-electron chi connectivity index (χ0n) is 17.7. The highest BCUT2D eigenvalue weighted by atomic mass is 32.2. The average Bonchev–Trinajstić information content (AvgIpc) is 2.82. The van der Waals surface area contributed by atoms with Crippen LogP contribution in [0.25, 0.3) is 0 Å². The van der Waals surface area contributed by atoms with Crippen LogP contribution in [0.5, 0.6) is 5.75 Å². The number of ketones is 1. The highest BCUT2D eigenvalue weighted by Crippen LogP contribution is 2.37. The first kappa shape index (κ1) is 21.6. The molecule has 4 rings (SSSR count). The highest BCUT2D eigenvalue weighted by molar-refractivity contribution is 7.94. The maximum absolute atomic E-state index is 13.4. The van der Waals surface area contributed by atoms with Gasteiger partial charge in [0.25, 0.3) is 10.0 Å². The number of sulfonamides is 1. The summed E-state index contributed by atoms with van der Waals surface area (Å²) in [6.45, 7) is 1.68. The molecule has 3 aromatic rings. The zero-order valence-corrected chi connectivity index (χ0v) is 18.5. The Morgan fingerprint density at radius 3 is 2.22 bits per heavy atom. The molecule has 0 spiro atoms. The number of benzene rings is 3. The van der Waals surface area contributed by atoms with Gasteiger partial charge < -0.3 is 4.74 Å². The Bertz CT molecular complexity index is 1270. The van der Waals surface area contributed by atoms with E-state index in [0.717, 1.165) is 16.3 Å². The number of carbonyl (C=O) groups excluding carboxylic acids is 2. The van der Waals surface area contributed by atoms with E-state index in [1.165, 1.54) is 24.1 Å². The number of nitrogens with zero attached hydrogens (tertiary/aromatic N) is 2. The summed E-state index contributed by atoms with van der Waals surface area (Å²) in [5.41, 5.74) is 1.82. The van der Waals surface area contributed by atoms with E-state index in [4.69, 9.17) is 4.74 Å². The molecule has 164 valence electrons. The van der Waals surface area contributed by atoms with Crippen molar-refractivity contribution in [3.8, 4) is 5.75 Å². The Balaban J connectivity index is 1.75. The summed E-state index contributed by atoms with van der Waals surface area (Å²) >= 11 is 0. The fourth-order valence-electron chi connectivity index (χ4n) is 3.59. The minimum Gasteiger partial charge on any atom is -0.497 e. The van der Waals surface area contributed by atoms with Gasteiger partial charge in [0, 0.05) is 5.56 Å². The Morgan fingerprint density at radius 1 is 0.938 bits per heavy atom. The molecule has 8 heteroatoms. The van der Waals surface area contributed by atoms with E-state index in [2.05, 4.69) is 0 Å². The molecule has 0 fully saturated rings. The van der Waals surface area contributed by atoms with Crippen molar-refractivity contribution in [2.75, 3.05) is 22.9 Å². The smallest absolute Gasteiger partial charge is 0.343 e. The van der Waals surface area contributed by atoms with Crippen LogP contribution in [-0.2, 0) is 16.4 Å². The highest BCUT2D eigenvalue weighted by Gasteiger charge is 2.43. The maximum atomic E-state index is 13.4. The number of methoxy groups -OCH3 is 1. The Morgan fingerprint density at radius 2 is 1.59 bits per heavy atom. The largest absolute Gasteiger partial charge is 0.497 e. The zero-order chi connectivity index (χ0) is 22.9. The van der Waals surface area contributed by atoms with Crippen molar-refractivity contribution in [3.63, 3.8) is 0 Å². The van der Waals surface area contributed by atoms with Gasteiger partial charge in [-0.1, -0.05) is 31.2 Å². The van der Waals surface area contributed by atoms with Gasteiger partial charge in [-0.2, -0.15) is 4.31 Å². The minimum atomic E-state index is -4.13. The van der Waals surface area contributed by atoms with Crippen molar-refractivity contribution in [3.05, 3.63) is 83.9 Å². The molecular weight excluding hydrogens is 428 g/mol. The molecule has 3 aromatic carbocycles. The molecule has 0 saturated heterocycles. The van der Waals surface area contributed by atoms with Gasteiger partial charge in [0.1, 0.15) is 10.6 Å². The van der Waals surface area contributed by atoms with Crippen LogP contribution in [0.15, 0.2) is 77.7 Å². The molecule has 0 bridgehead atoms. The van der Waals surface area contributed by atoms with Crippen molar-refractivity contribution < 1.29 is 22.7 Å². The van der Waals surface area contributed by atoms with Crippen LogP contribution in [0.1, 0.15) is 22.8 Å². The Kier molecular flexibility index (Phi) is 5.71. The number of urea groups is 1. The van der Waals surface area contributed by atoms with Gasteiger partial charge in [0.2, 0.25) is 0 Å². The number of hydrogen-bond acceptors (Lipinski definition) is 5. The molecule has 0 unspecified atom stereocenters. The Labute approximate surface area is 186 Å². The summed E-state index contributed by atoms with van der Waals surface area (Å²) < 4.78 is 32.5. The van der Waals surface area contributed by atoms with E-state index in [1.807, 2.05) is 6.92 Å². The second-order valence-electron chi connectivity index (χ2n) is 7.28. The first-order valence-corrected chi connectivity index (χ1v) is 11.5. The van der Waals surface area contributed by atoms with Gasteiger partial charge in [-0.15, -0.1) is 0 Å². The topological polar surface area (TPSA) is 84.0 Å². The lowest BCUT2D eigenvalue weighted by Crippen LogP contribution is -2.52. The number of para-hydroxylation sites is 1. The van der Waals surface area contributed by atoms with Crippen LogP contribution in [0.2, 0.25) is 0 Å². The number of carbonyl (C=O) groups is 2. The normalized spacial score (nSPS) is 14.8. The molecule has 7 nitrogen and oxygen atoms in total. The number of hydrogen-bond donors (Lipinski definition) is 0. The van der Waals surface area contributed by atoms with Crippen molar-refractivity contribution in [2.24, 2.45) is 0 Å². The van der Waals surface area contributed by atoms with Crippen molar-refractivity contribution in [1.29, 1.82) is 0 Å². The van der Waals surface area contributed by atoms with Crippen LogP contribution in [0.4, 0.5) is 16.2 Å². The van der Waals surface area contributed by atoms with E-state index >= 15 is 0 Å². The SMILES string of the molecule is CCc1ccc(N2C(=O)N(CC(=O)c3ccc(OC)cc3)c3ccccc3S2(=O)=O)cc1. The fourth-order valence-corrected chi connectivity index (χ4v) is 5.19. The molecule has 1 aliphatic rings. The van der Waals surface area contributed by atoms with E-state index in [1.54, 1.807) is 60.7 Å². The Hall–Kier alpha value is -3.65. The van der Waals surface area contributed by atoms with Gasteiger partial charge in [0.05, 0.1) is 25.0 Å². The summed E-state index contributed by atoms with van der Waals surface area (Å²) in [5.74, 6) is 0.283. The van der Waals surface area contributed by atoms with Crippen molar-refractivity contribution in [2.45, 2.75) is 18.2 Å². The summed E-state index contributed by atoms with van der Waals surface area (Å²) in [5, 5.41) is 0. The monoisotopic (exact) mass is 450 g/mol. The second kappa shape index (κ2) is 8.47. The van der Waals surface area contributed by atoms with Crippen LogP contribution < -0.4 is 13.9 Å². The van der Waals surface area contributed by atoms with E-state index in [-0.39, 0.29) is 28.6 Å². The molecule has 0 aliphatic carbocycles. The molecule has 32 heavy (non-hydrogen) atoms. The number of anilines is 2. The third kappa shape index (κ3) is 3.73. The molecule has 1 heterocycles. The summed E-state index contributed by atoms with van der Waals surface area (Å²) in [4.78, 5) is 27.6. The first-order chi connectivity index (χ1) is 15.4. The molecule has 1 aliphatic heterocycles. The predicted molar refractivity (Wildman–Crippen MR) is 122 cm³/mol. The number of fused-ring (bicyclic) bond motifs is 1. The number of amides is 2. The summed E-state index contributed by atoms with van der Waals surface area (Å²) in [6.07, 6.45) is 0.784. The number of ether oxygens (including phenoxy) is 1. The lowest BCUT2D eigenvalue weighted by atomic mass is 10.1. The van der Waals surface area contributed by atoms with Crippen LogP contribution in [0.3, 0.4) is 0 Å². The maximum Gasteiger partial charge on any atom is 0.343 e. The molecule has 0 N–H and O–H groups in total. The third-order valence-corrected chi connectivity index (χ3v) is 7.12. The van der Waals surface area contributed by atoms with Gasteiger partial charge in [-0.25, -0.2) is 13.2 Å². The van der Waals surface area contributed by atoms with Crippen LogP contribution in [-0.4, -0.2) is 33.9 Å². The van der Waals surface area contributed by atoms with Crippen LogP contribution >= 0.6 is 0 Å². The van der Waals surface area contributed by atoms with Gasteiger partial charge >= 0.3 is 6.03 Å².